The van der Waals surface area contributed by atoms with Gasteiger partial charge in [-0.1, -0.05) is 47.6 Å². The molecule has 0 fully saturated rings. The third-order valence-corrected chi connectivity index (χ3v) is 3.19. The van der Waals surface area contributed by atoms with E-state index in [1.54, 1.807) is 0 Å². The summed E-state index contributed by atoms with van der Waals surface area (Å²) >= 11 is 0. The van der Waals surface area contributed by atoms with Gasteiger partial charge in [-0.05, 0) is 35.2 Å². The van der Waals surface area contributed by atoms with Gasteiger partial charge in [-0.15, -0.1) is 5.10 Å². The Morgan fingerprint density at radius 1 is 1.20 bits per heavy atom. The Morgan fingerprint density at radius 3 is 2.80 bits per heavy atom. The van der Waals surface area contributed by atoms with Crippen molar-refractivity contribution in [1.82, 2.24) is 10.2 Å². The lowest BCUT2D eigenvalue weighted by Gasteiger charge is -2.07. The quantitative estimate of drug-likeness (QED) is 0.789. The number of nitrogens with zero attached hydrogens (tertiary/aromatic N) is 2. The Bertz CT molecular complexity index is 720. The van der Waals surface area contributed by atoms with Crippen LogP contribution in [0.2, 0.25) is 0 Å². The fourth-order valence-electron chi connectivity index (χ4n) is 2.10. The van der Waals surface area contributed by atoms with Gasteiger partial charge in [-0.3, -0.25) is 0 Å². The summed E-state index contributed by atoms with van der Waals surface area (Å²) in [5, 5.41) is 7.58. The summed E-state index contributed by atoms with van der Waals surface area (Å²) < 4.78 is 5.24. The maximum absolute atomic E-state index is 5.45. The molecule has 3 aromatic rings. The number of benzene rings is 2. The molecule has 1 heterocycles. The summed E-state index contributed by atoms with van der Waals surface area (Å²) in [5.41, 5.74) is 9.96. The van der Waals surface area contributed by atoms with Crippen molar-refractivity contribution in [2.75, 3.05) is 5.73 Å². The number of aryl methyl sites for hydroxylation is 1. The summed E-state index contributed by atoms with van der Waals surface area (Å²) in [6.07, 6.45) is 0.580. The highest BCUT2D eigenvalue weighted by molar-refractivity contribution is 5.64. The molecule has 0 spiro atoms. The maximum atomic E-state index is 5.45. The zero-order valence-electron chi connectivity index (χ0n) is 11.1. The average molecular weight is 264 g/mol. The van der Waals surface area contributed by atoms with Crippen LogP contribution in [0.1, 0.15) is 17.0 Å². The van der Waals surface area contributed by atoms with Crippen molar-refractivity contribution in [3.8, 4) is 11.1 Å². The fraction of sp³-hybridized carbons (Fsp3) is 0.125. The maximum Gasteiger partial charge on any atom is 0.312 e. The van der Waals surface area contributed by atoms with Gasteiger partial charge in [0.2, 0.25) is 5.89 Å². The minimum Gasteiger partial charge on any atom is -0.408 e. The third kappa shape index (κ3) is 2.54. The fourth-order valence-corrected chi connectivity index (χ4v) is 2.10. The normalized spacial score (nSPS) is 10.7. The number of hydrogen-bond acceptors (Lipinski definition) is 4. The van der Waals surface area contributed by atoms with Crippen molar-refractivity contribution in [3.05, 3.63) is 65.5 Å². The Labute approximate surface area is 117 Å². The van der Waals surface area contributed by atoms with Crippen LogP contribution in [0.3, 0.4) is 0 Å². The number of hydrogen-bond donors (Lipinski definition) is 1. The first kappa shape index (κ1) is 12.4. The highest BCUT2D eigenvalue weighted by atomic mass is 16.4. The Hall–Kier alpha value is -2.62. The van der Waals surface area contributed by atoms with Crippen LogP contribution < -0.4 is 5.73 Å². The molecule has 4 heteroatoms. The molecule has 0 aliphatic heterocycles. The van der Waals surface area contributed by atoms with Gasteiger partial charge in [0.15, 0.2) is 0 Å². The zero-order chi connectivity index (χ0) is 13.9. The van der Waals surface area contributed by atoms with Crippen molar-refractivity contribution >= 4 is 6.01 Å². The molecule has 1 radical (unpaired) electrons. The molecule has 1 aromatic heterocycles. The van der Waals surface area contributed by atoms with E-state index >= 15 is 0 Å². The molecule has 0 atom stereocenters. The molecule has 2 N–H and O–H groups in total. The molecule has 0 amide bonds. The molecule has 0 aliphatic carbocycles. The topological polar surface area (TPSA) is 64.9 Å². The smallest absolute Gasteiger partial charge is 0.312 e. The number of anilines is 1. The molecule has 0 bridgehead atoms. The number of aromatic nitrogens is 2. The molecule has 20 heavy (non-hydrogen) atoms. The van der Waals surface area contributed by atoms with Gasteiger partial charge in [0, 0.05) is 0 Å². The second-order valence-electron chi connectivity index (χ2n) is 4.63. The predicted molar refractivity (Wildman–Crippen MR) is 77.0 cm³/mol. The van der Waals surface area contributed by atoms with Crippen LogP contribution >= 0.6 is 0 Å². The van der Waals surface area contributed by atoms with Gasteiger partial charge >= 0.3 is 6.01 Å². The highest BCUT2D eigenvalue weighted by Crippen LogP contribution is 2.23. The molecule has 3 rings (SSSR count). The van der Waals surface area contributed by atoms with Gasteiger partial charge in [-0.25, -0.2) is 0 Å². The first-order chi connectivity index (χ1) is 9.72. The van der Waals surface area contributed by atoms with E-state index in [0.29, 0.717) is 12.3 Å². The first-order valence-electron chi connectivity index (χ1n) is 6.37. The van der Waals surface area contributed by atoms with Crippen LogP contribution in [0, 0.1) is 13.0 Å². The summed E-state index contributed by atoms with van der Waals surface area (Å²) in [6.45, 7) is 2.06. The number of nitrogen functional groups attached to an aromatic ring is 1. The van der Waals surface area contributed by atoms with Gasteiger partial charge in [-0.2, -0.15) is 0 Å². The lowest BCUT2D eigenvalue weighted by molar-refractivity contribution is 0.522. The Kier molecular flexibility index (Phi) is 3.21. The SMILES string of the molecule is Cc1ccc(-c2[c]cccc2)cc1Cc1nnc(N)o1. The van der Waals surface area contributed by atoms with Gasteiger partial charge < -0.3 is 10.2 Å². The highest BCUT2D eigenvalue weighted by Gasteiger charge is 2.08. The van der Waals surface area contributed by atoms with E-state index in [1.165, 1.54) is 5.56 Å². The minimum atomic E-state index is 0.102. The van der Waals surface area contributed by atoms with E-state index < -0.39 is 0 Å². The molecular weight excluding hydrogens is 250 g/mol. The van der Waals surface area contributed by atoms with Gasteiger partial charge in [0.25, 0.3) is 0 Å². The minimum absolute atomic E-state index is 0.102. The van der Waals surface area contributed by atoms with E-state index in [4.69, 9.17) is 10.2 Å². The number of nitrogens with two attached hydrogens (primary N) is 1. The van der Waals surface area contributed by atoms with E-state index in [1.807, 2.05) is 24.3 Å². The zero-order valence-corrected chi connectivity index (χ0v) is 11.1. The summed E-state index contributed by atoms with van der Waals surface area (Å²) in [6, 6.07) is 17.5. The first-order valence-corrected chi connectivity index (χ1v) is 6.37. The lowest BCUT2D eigenvalue weighted by Crippen LogP contribution is -1.93. The second-order valence-corrected chi connectivity index (χ2v) is 4.63. The van der Waals surface area contributed by atoms with Gasteiger partial charge in [0.05, 0.1) is 6.42 Å². The molecule has 0 unspecified atom stereocenters. The van der Waals surface area contributed by atoms with Crippen LogP contribution in [0.15, 0.2) is 46.9 Å². The third-order valence-electron chi connectivity index (χ3n) is 3.19. The van der Waals surface area contributed by atoms with Crippen LogP contribution in [0.25, 0.3) is 11.1 Å². The lowest BCUT2D eigenvalue weighted by atomic mass is 9.98. The van der Waals surface area contributed by atoms with E-state index in [0.717, 1.165) is 16.7 Å². The Balaban J connectivity index is 1.95. The van der Waals surface area contributed by atoms with Crippen molar-refractivity contribution in [3.63, 3.8) is 0 Å². The van der Waals surface area contributed by atoms with Crippen LogP contribution in [0.4, 0.5) is 6.01 Å². The van der Waals surface area contributed by atoms with E-state index in [-0.39, 0.29) is 6.01 Å². The molecule has 0 saturated carbocycles. The Morgan fingerprint density at radius 2 is 2.10 bits per heavy atom. The van der Waals surface area contributed by atoms with Crippen molar-refractivity contribution in [2.45, 2.75) is 13.3 Å². The van der Waals surface area contributed by atoms with Crippen LogP contribution in [0.5, 0.6) is 0 Å². The molecule has 99 valence electrons. The van der Waals surface area contributed by atoms with Crippen molar-refractivity contribution in [2.24, 2.45) is 0 Å². The van der Waals surface area contributed by atoms with E-state index in [2.05, 4.69) is 41.4 Å². The second kappa shape index (κ2) is 5.17. The molecule has 0 saturated heterocycles. The van der Waals surface area contributed by atoms with Crippen molar-refractivity contribution in [1.29, 1.82) is 0 Å². The van der Waals surface area contributed by atoms with Crippen molar-refractivity contribution < 1.29 is 4.42 Å². The van der Waals surface area contributed by atoms with E-state index in [9.17, 15) is 0 Å². The molecular formula is C16H14N3O. The van der Waals surface area contributed by atoms with Crippen LogP contribution in [-0.4, -0.2) is 10.2 Å². The number of rotatable bonds is 3. The molecule has 2 aromatic carbocycles. The summed E-state index contributed by atoms with van der Waals surface area (Å²) in [5.74, 6) is 0.528. The summed E-state index contributed by atoms with van der Waals surface area (Å²) in [4.78, 5) is 0. The predicted octanol–water partition coefficient (Wildman–Crippen LogP) is 3.02. The molecule has 0 aliphatic rings. The standard InChI is InChI=1S/C16H14N3O/c1-11-7-8-13(12-5-3-2-4-6-12)9-14(11)10-15-18-19-16(17)20-15/h2-5,7-9H,10H2,1H3,(H2,17,19). The average Bonchev–Trinajstić information content (AvgIpc) is 2.88. The van der Waals surface area contributed by atoms with Crippen LogP contribution in [-0.2, 0) is 6.42 Å². The molecule has 4 nitrogen and oxygen atoms in total. The van der Waals surface area contributed by atoms with Gasteiger partial charge in [0.1, 0.15) is 0 Å². The monoisotopic (exact) mass is 264 g/mol. The largest absolute Gasteiger partial charge is 0.408 e. The summed E-state index contributed by atoms with van der Waals surface area (Å²) in [7, 11) is 0.